The van der Waals surface area contributed by atoms with Crippen molar-refractivity contribution in [3.8, 4) is 28.7 Å². The lowest BCUT2D eigenvalue weighted by Gasteiger charge is -2.16. The molecule has 3 aromatic carbocycles. The van der Waals surface area contributed by atoms with Crippen LogP contribution in [0.15, 0.2) is 65.8 Å². The molecule has 0 bridgehead atoms. The molecular weight excluding hydrogens is 470 g/mol. The molecule has 0 aliphatic heterocycles. The zero-order valence-electron chi connectivity index (χ0n) is 16.9. The Bertz CT molecular complexity index is 1460. The third-order valence-corrected chi connectivity index (χ3v) is 6.61. The Kier molecular flexibility index (Phi) is 6.04. The highest BCUT2D eigenvalue weighted by Crippen LogP contribution is 2.38. The number of hydrogen-bond acceptors (Lipinski definition) is 7. The Hall–Kier alpha value is -3.88. The van der Waals surface area contributed by atoms with Gasteiger partial charge in [-0.25, -0.2) is 22.2 Å². The molecule has 0 radical (unpaired) electrons. The first-order valence-electron chi connectivity index (χ1n) is 9.34. The number of nitrogens with zero attached hydrogens (tertiary/aromatic N) is 3. The number of para-hydroxylation sites is 1. The molecule has 0 aliphatic carbocycles. The summed E-state index contributed by atoms with van der Waals surface area (Å²) in [7, 11) is -4.01. The van der Waals surface area contributed by atoms with E-state index in [1.54, 1.807) is 25.1 Å². The van der Waals surface area contributed by atoms with Gasteiger partial charge in [0, 0.05) is 23.2 Å². The van der Waals surface area contributed by atoms with Crippen LogP contribution in [-0.4, -0.2) is 17.8 Å². The Morgan fingerprint density at radius 3 is 2.52 bits per heavy atom. The molecule has 33 heavy (non-hydrogen) atoms. The van der Waals surface area contributed by atoms with E-state index in [9.17, 15) is 22.5 Å². The predicted octanol–water partition coefficient (Wildman–Crippen LogP) is 5.26. The van der Waals surface area contributed by atoms with Crippen molar-refractivity contribution >= 4 is 26.7 Å². The van der Waals surface area contributed by atoms with Crippen LogP contribution in [0, 0.1) is 29.9 Å². The molecule has 0 saturated carbocycles. The third-order valence-electron chi connectivity index (χ3n) is 4.56. The monoisotopic (exact) mass is 484 g/mol. The number of sulfonamides is 1. The number of aromatic nitrogens is 2. The topological polar surface area (TPSA) is 105 Å². The van der Waals surface area contributed by atoms with E-state index in [0.29, 0.717) is 11.1 Å². The number of rotatable bonds is 6. The highest BCUT2D eigenvalue weighted by molar-refractivity contribution is 7.93. The lowest BCUT2D eigenvalue weighted by atomic mass is 10.0. The van der Waals surface area contributed by atoms with Crippen molar-refractivity contribution in [3.63, 3.8) is 0 Å². The molecular formula is C22H14F2N4O3S2. The van der Waals surface area contributed by atoms with Crippen molar-refractivity contribution in [2.45, 2.75) is 11.8 Å². The van der Waals surface area contributed by atoms with Gasteiger partial charge in [-0.15, -0.1) is 0 Å². The molecule has 0 spiro atoms. The van der Waals surface area contributed by atoms with Crippen LogP contribution in [0.2, 0.25) is 0 Å². The molecule has 0 atom stereocenters. The Labute approximate surface area is 192 Å². The van der Waals surface area contributed by atoms with Crippen LogP contribution in [0.25, 0.3) is 11.1 Å². The Morgan fingerprint density at radius 1 is 1.09 bits per heavy atom. The van der Waals surface area contributed by atoms with Crippen molar-refractivity contribution in [2.24, 2.45) is 0 Å². The van der Waals surface area contributed by atoms with Crippen LogP contribution in [0.1, 0.15) is 11.1 Å². The van der Waals surface area contributed by atoms with Crippen LogP contribution < -0.4 is 9.46 Å². The van der Waals surface area contributed by atoms with Crippen LogP contribution in [0.3, 0.4) is 0 Å². The number of aryl methyl sites for hydroxylation is 1. The van der Waals surface area contributed by atoms with Gasteiger partial charge in [0.2, 0.25) is 5.13 Å². The lowest BCUT2D eigenvalue weighted by molar-refractivity contribution is 0.478. The van der Waals surface area contributed by atoms with E-state index in [1.807, 2.05) is 6.07 Å². The van der Waals surface area contributed by atoms with Gasteiger partial charge in [0.1, 0.15) is 35.5 Å². The standard InChI is InChI=1S/C22H14F2N4O3S2/c1-13-3-2-4-19(14-7-16(23)10-17(24)8-14)21(13)31-20-6-5-18(9-15(20)11-25)33(29,30)28-22-26-12-27-32-22/h2-10,12H,1H3,(H,26,27,28). The van der Waals surface area contributed by atoms with Gasteiger partial charge in [0.05, 0.1) is 10.5 Å². The van der Waals surface area contributed by atoms with Gasteiger partial charge < -0.3 is 4.74 Å². The number of hydrogen-bond donors (Lipinski definition) is 1. The van der Waals surface area contributed by atoms with Gasteiger partial charge in [-0.2, -0.15) is 9.64 Å². The van der Waals surface area contributed by atoms with Crippen molar-refractivity contribution in [2.75, 3.05) is 4.72 Å². The first kappa shape index (κ1) is 22.3. The summed E-state index contributed by atoms with van der Waals surface area (Å²) in [5.41, 5.74) is 1.27. The summed E-state index contributed by atoms with van der Waals surface area (Å²) < 4.78 is 64.8. The third kappa shape index (κ3) is 4.82. The summed E-state index contributed by atoms with van der Waals surface area (Å²) in [6.45, 7) is 1.74. The van der Waals surface area contributed by atoms with Crippen LogP contribution in [0.4, 0.5) is 13.9 Å². The SMILES string of the molecule is Cc1cccc(-c2cc(F)cc(F)c2)c1Oc1ccc(S(=O)(=O)Nc2ncns2)cc1C#N. The molecule has 0 unspecified atom stereocenters. The number of nitriles is 1. The van der Waals surface area contributed by atoms with E-state index < -0.39 is 21.7 Å². The molecule has 0 fully saturated rings. The van der Waals surface area contributed by atoms with Gasteiger partial charge in [-0.1, -0.05) is 18.2 Å². The van der Waals surface area contributed by atoms with Crippen LogP contribution in [0.5, 0.6) is 11.5 Å². The predicted molar refractivity (Wildman–Crippen MR) is 118 cm³/mol. The van der Waals surface area contributed by atoms with Crippen molar-refractivity contribution < 1.29 is 21.9 Å². The summed E-state index contributed by atoms with van der Waals surface area (Å²) in [6, 6.07) is 13.9. The van der Waals surface area contributed by atoms with E-state index in [-0.39, 0.29) is 32.7 Å². The molecule has 1 heterocycles. The molecule has 11 heteroatoms. The smallest absolute Gasteiger partial charge is 0.263 e. The molecule has 4 aromatic rings. The number of halogens is 2. The van der Waals surface area contributed by atoms with Gasteiger partial charge >= 0.3 is 0 Å². The summed E-state index contributed by atoms with van der Waals surface area (Å²) in [4.78, 5) is 3.61. The van der Waals surface area contributed by atoms with Gasteiger partial charge in [-0.3, -0.25) is 4.72 Å². The van der Waals surface area contributed by atoms with Gasteiger partial charge in [0.15, 0.2) is 0 Å². The fourth-order valence-corrected chi connectivity index (χ4v) is 4.77. The average Bonchev–Trinajstić information content (AvgIpc) is 3.26. The van der Waals surface area contributed by atoms with Crippen molar-refractivity contribution in [3.05, 3.63) is 83.7 Å². The second kappa shape index (κ2) is 8.93. The highest BCUT2D eigenvalue weighted by Gasteiger charge is 2.20. The number of anilines is 1. The fraction of sp³-hybridized carbons (Fsp3) is 0.0455. The molecule has 0 saturated heterocycles. The molecule has 1 N–H and O–H groups in total. The van der Waals surface area contributed by atoms with Crippen molar-refractivity contribution in [1.82, 2.24) is 9.36 Å². The summed E-state index contributed by atoms with van der Waals surface area (Å²) in [5, 5.41) is 9.69. The first-order valence-corrected chi connectivity index (χ1v) is 11.6. The summed E-state index contributed by atoms with van der Waals surface area (Å²) in [6.07, 6.45) is 1.21. The van der Waals surface area contributed by atoms with E-state index in [4.69, 9.17) is 4.74 Å². The Morgan fingerprint density at radius 2 is 1.85 bits per heavy atom. The number of ether oxygens (including phenoxy) is 1. The molecule has 1 aromatic heterocycles. The number of nitrogens with one attached hydrogen (secondary N) is 1. The zero-order chi connectivity index (χ0) is 23.6. The minimum Gasteiger partial charge on any atom is -0.455 e. The van der Waals surface area contributed by atoms with Crippen LogP contribution in [-0.2, 0) is 10.0 Å². The number of benzene rings is 3. The normalized spacial score (nSPS) is 11.1. The second-order valence-electron chi connectivity index (χ2n) is 6.83. The quantitative estimate of drug-likeness (QED) is 0.400. The van der Waals surface area contributed by atoms with E-state index >= 15 is 0 Å². The van der Waals surface area contributed by atoms with E-state index in [0.717, 1.165) is 17.6 Å². The molecule has 4 rings (SSSR count). The average molecular weight is 485 g/mol. The summed E-state index contributed by atoms with van der Waals surface area (Å²) in [5.74, 6) is -1.12. The summed E-state index contributed by atoms with van der Waals surface area (Å²) >= 11 is 0.868. The van der Waals surface area contributed by atoms with Gasteiger partial charge in [0.25, 0.3) is 10.0 Å². The first-order chi connectivity index (χ1) is 15.8. The highest BCUT2D eigenvalue weighted by atomic mass is 32.2. The fourth-order valence-electron chi connectivity index (χ4n) is 3.08. The largest absolute Gasteiger partial charge is 0.455 e. The van der Waals surface area contributed by atoms with Gasteiger partial charge in [-0.05, 0) is 48.4 Å². The van der Waals surface area contributed by atoms with Crippen molar-refractivity contribution in [1.29, 1.82) is 5.26 Å². The Balaban J connectivity index is 1.73. The molecule has 7 nitrogen and oxygen atoms in total. The maximum Gasteiger partial charge on any atom is 0.263 e. The minimum atomic E-state index is -4.01. The molecule has 0 aliphatic rings. The van der Waals surface area contributed by atoms with Crippen LogP contribution >= 0.6 is 11.5 Å². The molecule has 0 amide bonds. The second-order valence-corrected chi connectivity index (χ2v) is 9.30. The van der Waals surface area contributed by atoms with E-state index in [1.165, 1.54) is 36.7 Å². The minimum absolute atomic E-state index is 0.0465. The maximum atomic E-state index is 13.8. The zero-order valence-corrected chi connectivity index (χ0v) is 18.5. The lowest BCUT2D eigenvalue weighted by Crippen LogP contribution is -2.13. The maximum absolute atomic E-state index is 13.8. The molecule has 166 valence electrons. The van der Waals surface area contributed by atoms with E-state index in [2.05, 4.69) is 14.1 Å².